The summed E-state index contributed by atoms with van der Waals surface area (Å²) in [5.74, 6) is 0.905. The van der Waals surface area contributed by atoms with Crippen LogP contribution in [0.4, 0.5) is 0 Å². The molecule has 3 aromatic rings. The van der Waals surface area contributed by atoms with Crippen LogP contribution in [-0.2, 0) is 9.47 Å². The lowest BCUT2D eigenvalue weighted by atomic mass is 9.94. The summed E-state index contributed by atoms with van der Waals surface area (Å²) in [5, 5.41) is 2.57. The number of fused-ring (bicyclic) bond motifs is 1. The van der Waals surface area contributed by atoms with Crippen LogP contribution in [0.2, 0.25) is 0 Å². The monoisotopic (exact) mass is 364 g/mol. The van der Waals surface area contributed by atoms with Gasteiger partial charge < -0.3 is 14.2 Å². The van der Waals surface area contributed by atoms with Gasteiger partial charge in [0.2, 0.25) is 0 Å². The third-order valence-electron chi connectivity index (χ3n) is 4.66. The highest BCUT2D eigenvalue weighted by Gasteiger charge is 2.08. The summed E-state index contributed by atoms with van der Waals surface area (Å²) in [6, 6.07) is 17.6. The number of rotatable bonds is 8. The molecule has 0 radical (unpaired) electrons. The first-order chi connectivity index (χ1) is 13.1. The zero-order valence-corrected chi connectivity index (χ0v) is 16.7. The van der Waals surface area contributed by atoms with E-state index in [0.717, 1.165) is 11.3 Å². The van der Waals surface area contributed by atoms with Crippen LogP contribution in [0.3, 0.4) is 0 Å². The minimum Gasteiger partial charge on any atom is -0.491 e. The van der Waals surface area contributed by atoms with E-state index < -0.39 is 0 Å². The second-order valence-electron chi connectivity index (χ2n) is 6.97. The molecule has 142 valence electrons. The molecule has 3 aromatic carbocycles. The second kappa shape index (κ2) is 9.03. The molecule has 0 unspecified atom stereocenters. The summed E-state index contributed by atoms with van der Waals surface area (Å²) in [6.07, 6.45) is 0. The molecule has 0 heterocycles. The van der Waals surface area contributed by atoms with Crippen molar-refractivity contribution < 1.29 is 14.2 Å². The van der Waals surface area contributed by atoms with Crippen LogP contribution in [0.5, 0.6) is 5.75 Å². The number of ether oxygens (including phenoxy) is 3. The third kappa shape index (κ3) is 4.88. The van der Waals surface area contributed by atoms with E-state index in [0.29, 0.717) is 26.4 Å². The van der Waals surface area contributed by atoms with E-state index in [1.54, 1.807) is 7.11 Å². The molecule has 0 aromatic heterocycles. The van der Waals surface area contributed by atoms with Gasteiger partial charge in [0.25, 0.3) is 0 Å². The minimum atomic E-state index is 0.538. The van der Waals surface area contributed by atoms with Gasteiger partial charge in [-0.15, -0.1) is 0 Å². The highest BCUT2D eigenvalue weighted by atomic mass is 16.5. The van der Waals surface area contributed by atoms with E-state index in [9.17, 15) is 0 Å². The Hall–Kier alpha value is -2.36. The van der Waals surface area contributed by atoms with E-state index in [-0.39, 0.29) is 0 Å². The van der Waals surface area contributed by atoms with Crippen molar-refractivity contribution in [2.75, 3.05) is 33.5 Å². The van der Waals surface area contributed by atoms with Crippen LogP contribution in [0.15, 0.2) is 48.5 Å². The first kappa shape index (κ1) is 19.4. The van der Waals surface area contributed by atoms with Gasteiger partial charge in [0.1, 0.15) is 12.4 Å². The summed E-state index contributed by atoms with van der Waals surface area (Å²) in [7, 11) is 1.67. The zero-order chi connectivity index (χ0) is 19.2. The van der Waals surface area contributed by atoms with Crippen LogP contribution < -0.4 is 4.74 Å². The molecule has 0 saturated carbocycles. The maximum Gasteiger partial charge on any atom is 0.122 e. The maximum atomic E-state index is 5.87. The lowest BCUT2D eigenvalue weighted by Crippen LogP contribution is -2.10. The molecule has 0 atom stereocenters. The number of hydrogen-bond donors (Lipinski definition) is 0. The standard InChI is InChI=1S/C24H28O3/c1-17-5-6-20-13-18(2)15-23(22(20)14-17)21-7-8-24(19(3)16-21)27-12-11-26-10-9-25-4/h5-8,13-16H,9-12H2,1-4H3. The zero-order valence-electron chi connectivity index (χ0n) is 16.7. The molecule has 0 spiro atoms. The van der Waals surface area contributed by atoms with Gasteiger partial charge in [0, 0.05) is 7.11 Å². The fraction of sp³-hybridized carbons (Fsp3) is 0.333. The highest BCUT2D eigenvalue weighted by Crippen LogP contribution is 2.33. The summed E-state index contributed by atoms with van der Waals surface area (Å²) in [6.45, 7) is 8.68. The van der Waals surface area contributed by atoms with E-state index in [4.69, 9.17) is 14.2 Å². The molecule has 0 aliphatic rings. The van der Waals surface area contributed by atoms with E-state index in [1.165, 1.54) is 33.0 Å². The summed E-state index contributed by atoms with van der Waals surface area (Å²) < 4.78 is 16.3. The average Bonchev–Trinajstić information content (AvgIpc) is 2.65. The van der Waals surface area contributed by atoms with Crippen molar-refractivity contribution >= 4 is 10.8 Å². The molecule has 0 aliphatic heterocycles. The molecule has 27 heavy (non-hydrogen) atoms. The van der Waals surface area contributed by atoms with Crippen molar-refractivity contribution in [3.63, 3.8) is 0 Å². The summed E-state index contributed by atoms with van der Waals surface area (Å²) in [5.41, 5.74) is 6.17. The Morgan fingerprint density at radius 2 is 1.56 bits per heavy atom. The lowest BCUT2D eigenvalue weighted by Gasteiger charge is -2.13. The number of methoxy groups -OCH3 is 1. The highest BCUT2D eigenvalue weighted by molar-refractivity contribution is 5.97. The van der Waals surface area contributed by atoms with Gasteiger partial charge in [0.05, 0.1) is 19.8 Å². The molecular formula is C24H28O3. The molecular weight excluding hydrogens is 336 g/mol. The van der Waals surface area contributed by atoms with Gasteiger partial charge in [-0.2, -0.15) is 0 Å². The smallest absolute Gasteiger partial charge is 0.122 e. The normalized spacial score (nSPS) is 11.1. The molecule has 0 amide bonds. The molecule has 3 rings (SSSR count). The van der Waals surface area contributed by atoms with Gasteiger partial charge in [-0.05, 0) is 65.9 Å². The van der Waals surface area contributed by atoms with Crippen molar-refractivity contribution in [2.24, 2.45) is 0 Å². The predicted molar refractivity (Wildman–Crippen MR) is 112 cm³/mol. The van der Waals surface area contributed by atoms with Crippen LogP contribution in [0.25, 0.3) is 21.9 Å². The van der Waals surface area contributed by atoms with E-state index >= 15 is 0 Å². The van der Waals surface area contributed by atoms with Crippen LogP contribution in [0.1, 0.15) is 16.7 Å². The Morgan fingerprint density at radius 1 is 0.741 bits per heavy atom. The number of hydrogen-bond acceptors (Lipinski definition) is 3. The van der Waals surface area contributed by atoms with Crippen molar-refractivity contribution in [3.8, 4) is 16.9 Å². The van der Waals surface area contributed by atoms with Gasteiger partial charge >= 0.3 is 0 Å². The maximum absolute atomic E-state index is 5.87. The molecule has 3 heteroatoms. The summed E-state index contributed by atoms with van der Waals surface area (Å²) >= 11 is 0. The first-order valence-corrected chi connectivity index (χ1v) is 9.40. The van der Waals surface area contributed by atoms with Gasteiger partial charge in [-0.3, -0.25) is 0 Å². The Bertz CT molecular complexity index is 915. The second-order valence-corrected chi connectivity index (χ2v) is 6.97. The molecule has 0 bridgehead atoms. The van der Waals surface area contributed by atoms with E-state index in [1.807, 2.05) is 0 Å². The Balaban J connectivity index is 1.80. The Morgan fingerprint density at radius 3 is 2.33 bits per heavy atom. The largest absolute Gasteiger partial charge is 0.491 e. The van der Waals surface area contributed by atoms with Crippen molar-refractivity contribution in [1.82, 2.24) is 0 Å². The average molecular weight is 364 g/mol. The SMILES string of the molecule is COCCOCCOc1ccc(-c2cc(C)cc3ccc(C)cc23)cc1C. The fourth-order valence-corrected chi connectivity index (χ4v) is 3.29. The Kier molecular flexibility index (Phi) is 6.49. The number of benzene rings is 3. The molecule has 0 saturated heterocycles. The van der Waals surface area contributed by atoms with E-state index in [2.05, 4.69) is 69.3 Å². The van der Waals surface area contributed by atoms with Crippen LogP contribution >= 0.6 is 0 Å². The minimum absolute atomic E-state index is 0.538. The molecule has 0 fully saturated rings. The van der Waals surface area contributed by atoms with Crippen LogP contribution in [0, 0.1) is 20.8 Å². The number of aryl methyl sites for hydroxylation is 3. The quantitative estimate of drug-likeness (QED) is 0.496. The van der Waals surface area contributed by atoms with Crippen LogP contribution in [-0.4, -0.2) is 33.5 Å². The van der Waals surface area contributed by atoms with Crippen molar-refractivity contribution in [1.29, 1.82) is 0 Å². The van der Waals surface area contributed by atoms with Gasteiger partial charge in [0.15, 0.2) is 0 Å². The summed E-state index contributed by atoms with van der Waals surface area (Å²) in [4.78, 5) is 0. The molecule has 3 nitrogen and oxygen atoms in total. The fourth-order valence-electron chi connectivity index (χ4n) is 3.29. The topological polar surface area (TPSA) is 27.7 Å². The lowest BCUT2D eigenvalue weighted by molar-refractivity contribution is 0.0543. The third-order valence-corrected chi connectivity index (χ3v) is 4.66. The molecule has 0 aliphatic carbocycles. The predicted octanol–water partition coefficient (Wildman–Crippen LogP) is 5.47. The first-order valence-electron chi connectivity index (χ1n) is 9.40. The Labute approximate surface area is 161 Å². The van der Waals surface area contributed by atoms with Gasteiger partial charge in [-0.25, -0.2) is 0 Å². The van der Waals surface area contributed by atoms with Crippen molar-refractivity contribution in [3.05, 3.63) is 65.2 Å². The van der Waals surface area contributed by atoms with Gasteiger partial charge in [-0.1, -0.05) is 42.0 Å². The van der Waals surface area contributed by atoms with Crippen molar-refractivity contribution in [2.45, 2.75) is 20.8 Å². The molecule has 0 N–H and O–H groups in total.